The van der Waals surface area contributed by atoms with Crippen LogP contribution < -0.4 is 11.1 Å². The third kappa shape index (κ3) is 7.67. The Morgan fingerprint density at radius 3 is 1.92 bits per heavy atom. The number of benzene rings is 1. The molecule has 0 spiro atoms. The first-order chi connectivity index (χ1) is 11.7. The van der Waals surface area contributed by atoms with Crippen molar-refractivity contribution in [3.63, 3.8) is 0 Å². The lowest BCUT2D eigenvalue weighted by Crippen LogP contribution is -2.33. The van der Waals surface area contributed by atoms with E-state index in [2.05, 4.69) is 5.32 Å². The monoisotopic (exact) mass is 328 g/mol. The largest absolute Gasteiger partial charge is 0.399 e. The van der Waals surface area contributed by atoms with Gasteiger partial charge in [0.2, 0.25) is 5.91 Å². The van der Waals surface area contributed by atoms with Gasteiger partial charge in [0.15, 0.2) is 0 Å². The fourth-order valence-electron chi connectivity index (χ4n) is 3.34. The number of carbonyl (C=O) groups excluding carboxylic acids is 1. The number of nitrogens with one attached hydrogen (secondary N) is 1. The summed E-state index contributed by atoms with van der Waals surface area (Å²) in [6.45, 7) is 0. The summed E-state index contributed by atoms with van der Waals surface area (Å²) in [5, 5.41) is 3.20. The van der Waals surface area contributed by atoms with E-state index in [1.54, 1.807) is 6.08 Å². The Labute approximate surface area is 146 Å². The zero-order valence-electron chi connectivity index (χ0n) is 14.8. The second-order valence-electron chi connectivity index (χ2n) is 6.96. The number of hydrogen-bond acceptors (Lipinski definition) is 2. The summed E-state index contributed by atoms with van der Waals surface area (Å²) in [7, 11) is 0. The molecule has 1 saturated carbocycles. The first-order valence-corrected chi connectivity index (χ1v) is 9.58. The molecule has 1 aliphatic carbocycles. The van der Waals surface area contributed by atoms with E-state index in [-0.39, 0.29) is 5.91 Å². The normalized spacial score (nSPS) is 18.7. The molecule has 1 amide bonds. The van der Waals surface area contributed by atoms with Crippen molar-refractivity contribution in [2.45, 2.75) is 76.7 Å². The SMILES string of the molecule is Nc1ccc(/C=C/C(=O)NC2CCCCCCCCCCC2)cc1. The van der Waals surface area contributed by atoms with Crippen LogP contribution in [0.5, 0.6) is 0 Å². The van der Waals surface area contributed by atoms with Crippen molar-refractivity contribution >= 4 is 17.7 Å². The smallest absolute Gasteiger partial charge is 0.244 e. The topological polar surface area (TPSA) is 55.1 Å². The minimum absolute atomic E-state index is 0.0175. The average Bonchev–Trinajstić information content (AvgIpc) is 2.57. The van der Waals surface area contributed by atoms with Gasteiger partial charge < -0.3 is 11.1 Å². The van der Waals surface area contributed by atoms with Crippen LogP contribution in [-0.4, -0.2) is 11.9 Å². The summed E-state index contributed by atoms with van der Waals surface area (Å²) < 4.78 is 0. The first kappa shape index (κ1) is 18.6. The molecule has 0 bridgehead atoms. The summed E-state index contributed by atoms with van der Waals surface area (Å²) in [6.07, 6.45) is 17.6. The number of carbonyl (C=O) groups is 1. The Morgan fingerprint density at radius 2 is 1.38 bits per heavy atom. The molecule has 1 aliphatic rings. The van der Waals surface area contributed by atoms with Gasteiger partial charge in [0.25, 0.3) is 0 Å². The minimum Gasteiger partial charge on any atom is -0.399 e. The zero-order chi connectivity index (χ0) is 17.0. The minimum atomic E-state index is 0.0175. The van der Waals surface area contributed by atoms with E-state index in [4.69, 9.17) is 5.73 Å². The number of anilines is 1. The molecular weight excluding hydrogens is 296 g/mol. The highest BCUT2D eigenvalue weighted by atomic mass is 16.1. The molecule has 0 radical (unpaired) electrons. The number of nitrogen functional groups attached to an aromatic ring is 1. The van der Waals surface area contributed by atoms with Crippen LogP contribution in [0.3, 0.4) is 0 Å². The van der Waals surface area contributed by atoms with Crippen LogP contribution in [0.4, 0.5) is 5.69 Å². The molecule has 0 atom stereocenters. The Hall–Kier alpha value is -1.77. The molecule has 3 N–H and O–H groups in total. The second kappa shape index (κ2) is 10.9. The van der Waals surface area contributed by atoms with Crippen molar-refractivity contribution in [2.75, 3.05) is 5.73 Å². The molecule has 3 heteroatoms. The molecule has 24 heavy (non-hydrogen) atoms. The van der Waals surface area contributed by atoms with E-state index in [1.165, 1.54) is 57.8 Å². The van der Waals surface area contributed by atoms with Crippen LogP contribution in [0.15, 0.2) is 30.3 Å². The fraction of sp³-hybridized carbons (Fsp3) is 0.571. The number of amides is 1. The van der Waals surface area contributed by atoms with E-state index in [1.807, 2.05) is 30.3 Å². The highest BCUT2D eigenvalue weighted by Crippen LogP contribution is 2.17. The highest BCUT2D eigenvalue weighted by Gasteiger charge is 2.11. The van der Waals surface area contributed by atoms with E-state index in [9.17, 15) is 4.79 Å². The Balaban J connectivity index is 1.81. The lowest BCUT2D eigenvalue weighted by Gasteiger charge is -2.18. The van der Waals surface area contributed by atoms with Gasteiger partial charge in [-0.2, -0.15) is 0 Å². The third-order valence-corrected chi connectivity index (χ3v) is 4.82. The first-order valence-electron chi connectivity index (χ1n) is 9.58. The molecule has 0 saturated heterocycles. The lowest BCUT2D eigenvalue weighted by molar-refractivity contribution is -0.117. The standard InChI is InChI=1S/C21H32N2O/c22-19-15-12-18(13-16-19)14-17-21(24)23-20-10-8-6-4-2-1-3-5-7-9-11-20/h12-17,20H,1-11,22H2,(H,23,24)/b17-14+. The lowest BCUT2D eigenvalue weighted by atomic mass is 9.98. The summed E-state index contributed by atoms with van der Waals surface area (Å²) in [5.74, 6) is 0.0175. The average molecular weight is 329 g/mol. The van der Waals surface area contributed by atoms with Crippen molar-refractivity contribution in [1.82, 2.24) is 5.32 Å². The third-order valence-electron chi connectivity index (χ3n) is 4.82. The fourth-order valence-corrected chi connectivity index (χ4v) is 3.34. The van der Waals surface area contributed by atoms with Gasteiger partial charge >= 0.3 is 0 Å². The van der Waals surface area contributed by atoms with Crippen molar-refractivity contribution in [3.05, 3.63) is 35.9 Å². The molecule has 0 heterocycles. The maximum Gasteiger partial charge on any atom is 0.244 e. The summed E-state index contributed by atoms with van der Waals surface area (Å²) in [5.41, 5.74) is 7.41. The predicted molar refractivity (Wildman–Crippen MR) is 103 cm³/mol. The van der Waals surface area contributed by atoms with Crippen LogP contribution in [-0.2, 0) is 4.79 Å². The molecule has 3 nitrogen and oxygen atoms in total. The van der Waals surface area contributed by atoms with Crippen LogP contribution in [0, 0.1) is 0 Å². The number of hydrogen-bond donors (Lipinski definition) is 2. The Morgan fingerprint density at radius 1 is 0.875 bits per heavy atom. The summed E-state index contributed by atoms with van der Waals surface area (Å²) in [4.78, 5) is 12.2. The van der Waals surface area contributed by atoms with E-state index < -0.39 is 0 Å². The molecule has 0 unspecified atom stereocenters. The summed E-state index contributed by atoms with van der Waals surface area (Å²) >= 11 is 0. The van der Waals surface area contributed by atoms with Gasteiger partial charge in [-0.05, 0) is 36.6 Å². The molecule has 2 rings (SSSR count). The predicted octanol–water partition coefficient (Wildman–Crippen LogP) is 5.07. The molecule has 1 fully saturated rings. The maximum absolute atomic E-state index is 12.2. The van der Waals surface area contributed by atoms with Crippen molar-refractivity contribution < 1.29 is 4.79 Å². The maximum atomic E-state index is 12.2. The van der Waals surface area contributed by atoms with Gasteiger partial charge in [-0.3, -0.25) is 4.79 Å². The van der Waals surface area contributed by atoms with Gasteiger partial charge in [-0.1, -0.05) is 69.9 Å². The zero-order valence-corrected chi connectivity index (χ0v) is 14.8. The van der Waals surface area contributed by atoms with Gasteiger partial charge in [-0.15, -0.1) is 0 Å². The van der Waals surface area contributed by atoms with E-state index >= 15 is 0 Å². The molecule has 1 aromatic rings. The van der Waals surface area contributed by atoms with E-state index in [0.29, 0.717) is 6.04 Å². The van der Waals surface area contributed by atoms with Gasteiger partial charge in [0, 0.05) is 17.8 Å². The Kier molecular flexibility index (Phi) is 8.43. The van der Waals surface area contributed by atoms with Crippen molar-refractivity contribution in [2.24, 2.45) is 0 Å². The van der Waals surface area contributed by atoms with Crippen molar-refractivity contribution in [3.8, 4) is 0 Å². The molecule has 1 aromatic carbocycles. The van der Waals surface area contributed by atoms with Crippen LogP contribution >= 0.6 is 0 Å². The highest BCUT2D eigenvalue weighted by molar-refractivity contribution is 5.91. The number of nitrogens with two attached hydrogens (primary N) is 1. The quantitative estimate of drug-likeness (QED) is 0.601. The van der Waals surface area contributed by atoms with Crippen LogP contribution in [0.2, 0.25) is 0 Å². The van der Waals surface area contributed by atoms with E-state index in [0.717, 1.165) is 24.1 Å². The molecular formula is C21H32N2O. The van der Waals surface area contributed by atoms with Crippen molar-refractivity contribution in [1.29, 1.82) is 0 Å². The molecule has 0 aliphatic heterocycles. The summed E-state index contributed by atoms with van der Waals surface area (Å²) in [6, 6.07) is 7.88. The Bertz CT molecular complexity index is 495. The van der Waals surface area contributed by atoms with Gasteiger partial charge in [-0.25, -0.2) is 0 Å². The second-order valence-corrected chi connectivity index (χ2v) is 6.96. The molecule has 0 aromatic heterocycles. The van der Waals surface area contributed by atoms with Crippen LogP contribution in [0.1, 0.15) is 76.2 Å². The van der Waals surface area contributed by atoms with Gasteiger partial charge in [0.1, 0.15) is 0 Å². The van der Waals surface area contributed by atoms with Crippen LogP contribution in [0.25, 0.3) is 6.08 Å². The molecule has 132 valence electrons. The van der Waals surface area contributed by atoms with Gasteiger partial charge in [0.05, 0.1) is 0 Å². The number of rotatable bonds is 3.